The molecule has 0 fully saturated rings. The van der Waals surface area contributed by atoms with Crippen LogP contribution in [0.5, 0.6) is 0 Å². The highest BCUT2D eigenvalue weighted by Crippen LogP contribution is 2.37. The number of nitrogens with one attached hydrogen (secondary N) is 1. The maximum Gasteiger partial charge on any atom is 0.0957 e. The molecule has 6 rings (SSSR count). The van der Waals surface area contributed by atoms with Crippen molar-refractivity contribution >= 4 is 38.9 Å². The maximum absolute atomic E-state index is 4.60. The average Bonchev–Trinajstić information content (AvgIpc) is 3.22. The van der Waals surface area contributed by atoms with Gasteiger partial charge >= 0.3 is 0 Å². The Morgan fingerprint density at radius 1 is 0.923 bits per heavy atom. The quantitative estimate of drug-likeness (QED) is 0.424. The normalized spacial score (nSPS) is 13.7. The van der Waals surface area contributed by atoms with Gasteiger partial charge in [-0.3, -0.25) is 4.98 Å². The second kappa shape index (κ2) is 5.09. The first-order valence-electron chi connectivity index (χ1n) is 9.06. The number of rotatable bonds is 1. The Hall–Kier alpha value is -3.33. The van der Waals surface area contributed by atoms with Crippen LogP contribution in [0.1, 0.15) is 17.7 Å². The Balaban J connectivity index is 1.80. The van der Waals surface area contributed by atoms with Crippen molar-refractivity contribution in [3.8, 4) is 5.69 Å². The molecule has 0 radical (unpaired) electrons. The van der Waals surface area contributed by atoms with Gasteiger partial charge < -0.3 is 9.55 Å². The van der Waals surface area contributed by atoms with Crippen LogP contribution in [-0.2, 0) is 6.42 Å². The first kappa shape index (κ1) is 13.9. The van der Waals surface area contributed by atoms with Crippen LogP contribution in [0.2, 0.25) is 0 Å². The molecule has 0 aliphatic heterocycles. The lowest BCUT2D eigenvalue weighted by molar-refractivity contribution is 0.889. The minimum Gasteiger partial charge on any atom is -0.353 e. The molecular formula is C23H17N3. The van der Waals surface area contributed by atoms with E-state index in [2.05, 4.69) is 75.2 Å². The van der Waals surface area contributed by atoms with Crippen molar-refractivity contribution in [2.24, 2.45) is 0 Å². The van der Waals surface area contributed by atoms with E-state index in [1.165, 1.54) is 33.2 Å². The zero-order valence-corrected chi connectivity index (χ0v) is 14.2. The second-order valence-corrected chi connectivity index (χ2v) is 6.91. The summed E-state index contributed by atoms with van der Waals surface area (Å²) in [5.41, 5.74) is 8.51. The summed E-state index contributed by atoms with van der Waals surface area (Å²) in [6.07, 6.45) is 8.61. The lowest BCUT2D eigenvalue weighted by Crippen LogP contribution is -2.02. The van der Waals surface area contributed by atoms with Crippen LogP contribution in [0.15, 0.2) is 66.9 Å². The van der Waals surface area contributed by atoms with Gasteiger partial charge in [-0.1, -0.05) is 30.4 Å². The highest BCUT2D eigenvalue weighted by Gasteiger charge is 2.20. The van der Waals surface area contributed by atoms with Gasteiger partial charge in [0.25, 0.3) is 0 Å². The van der Waals surface area contributed by atoms with Crippen molar-refractivity contribution in [2.45, 2.75) is 12.8 Å². The van der Waals surface area contributed by atoms with Gasteiger partial charge in [0, 0.05) is 33.9 Å². The van der Waals surface area contributed by atoms with Crippen LogP contribution < -0.4 is 0 Å². The number of hydrogen-bond donors (Lipinski definition) is 1. The summed E-state index contributed by atoms with van der Waals surface area (Å²) >= 11 is 0. The van der Waals surface area contributed by atoms with Gasteiger partial charge in [0.2, 0.25) is 0 Å². The molecule has 0 atom stereocenters. The van der Waals surface area contributed by atoms with E-state index in [4.69, 9.17) is 0 Å². The molecule has 3 nitrogen and oxygen atoms in total. The van der Waals surface area contributed by atoms with Gasteiger partial charge in [-0.15, -0.1) is 0 Å². The smallest absolute Gasteiger partial charge is 0.0957 e. The fraction of sp³-hybridized carbons (Fsp3) is 0.0870. The first-order valence-corrected chi connectivity index (χ1v) is 9.06. The number of fused-ring (bicyclic) bond motifs is 6. The predicted molar refractivity (Wildman–Crippen MR) is 108 cm³/mol. The van der Waals surface area contributed by atoms with Gasteiger partial charge in [-0.25, -0.2) is 0 Å². The number of benzene rings is 2. The lowest BCUT2D eigenvalue weighted by atomic mass is 10.0. The monoisotopic (exact) mass is 335 g/mol. The molecule has 0 spiro atoms. The number of para-hydroxylation sites is 1. The van der Waals surface area contributed by atoms with Crippen molar-refractivity contribution < 1.29 is 0 Å². The van der Waals surface area contributed by atoms with Gasteiger partial charge in [-0.2, -0.15) is 0 Å². The number of hydrogen-bond acceptors (Lipinski definition) is 1. The van der Waals surface area contributed by atoms with E-state index < -0.39 is 0 Å². The Labute approximate surface area is 150 Å². The number of pyridine rings is 1. The summed E-state index contributed by atoms with van der Waals surface area (Å²) in [7, 11) is 0. The fourth-order valence-corrected chi connectivity index (χ4v) is 4.30. The van der Waals surface area contributed by atoms with Gasteiger partial charge in [0.1, 0.15) is 0 Å². The molecule has 3 heterocycles. The van der Waals surface area contributed by atoms with E-state index in [0.29, 0.717) is 0 Å². The number of H-pyrrole nitrogens is 1. The van der Waals surface area contributed by atoms with Crippen LogP contribution in [0, 0.1) is 0 Å². The topological polar surface area (TPSA) is 33.6 Å². The van der Waals surface area contributed by atoms with E-state index in [1.807, 2.05) is 12.3 Å². The van der Waals surface area contributed by atoms with E-state index in [-0.39, 0.29) is 0 Å². The van der Waals surface area contributed by atoms with E-state index in [1.54, 1.807) is 0 Å². The van der Waals surface area contributed by atoms with Crippen molar-refractivity contribution in [3.63, 3.8) is 0 Å². The van der Waals surface area contributed by atoms with Gasteiger partial charge in [0.05, 0.1) is 22.1 Å². The molecule has 124 valence electrons. The second-order valence-electron chi connectivity index (χ2n) is 6.91. The minimum atomic E-state index is 1.05. The molecular weight excluding hydrogens is 318 g/mol. The highest BCUT2D eigenvalue weighted by molar-refractivity contribution is 6.11. The zero-order chi connectivity index (χ0) is 17.1. The molecule has 0 unspecified atom stereocenters. The Morgan fingerprint density at radius 3 is 2.77 bits per heavy atom. The van der Waals surface area contributed by atoms with Gasteiger partial charge in [0.15, 0.2) is 0 Å². The molecule has 2 aromatic carbocycles. The minimum absolute atomic E-state index is 1.05. The van der Waals surface area contributed by atoms with Crippen molar-refractivity contribution in [1.29, 1.82) is 0 Å². The summed E-state index contributed by atoms with van der Waals surface area (Å²) in [4.78, 5) is 8.13. The van der Waals surface area contributed by atoms with Crippen LogP contribution in [0.25, 0.3) is 44.6 Å². The Kier molecular flexibility index (Phi) is 2.72. The molecule has 3 aromatic heterocycles. The number of nitrogens with zero attached hydrogens (tertiary/aromatic N) is 2. The van der Waals surface area contributed by atoms with E-state index in [0.717, 1.165) is 29.4 Å². The molecule has 0 bridgehead atoms. The average molecular weight is 335 g/mol. The van der Waals surface area contributed by atoms with Crippen LogP contribution in [0.4, 0.5) is 0 Å². The molecule has 0 amide bonds. The first-order chi connectivity index (χ1) is 12.9. The zero-order valence-electron chi connectivity index (χ0n) is 14.2. The maximum atomic E-state index is 4.60. The van der Waals surface area contributed by atoms with Crippen molar-refractivity contribution in [1.82, 2.24) is 14.5 Å². The van der Waals surface area contributed by atoms with Crippen molar-refractivity contribution in [3.05, 3.63) is 78.1 Å². The molecule has 0 saturated heterocycles. The highest BCUT2D eigenvalue weighted by atomic mass is 15.0. The summed E-state index contributed by atoms with van der Waals surface area (Å²) in [6, 6.07) is 19.3. The third kappa shape index (κ3) is 1.80. The van der Waals surface area contributed by atoms with E-state index in [9.17, 15) is 0 Å². The Morgan fingerprint density at radius 2 is 1.85 bits per heavy atom. The van der Waals surface area contributed by atoms with Crippen LogP contribution in [0.3, 0.4) is 0 Å². The molecule has 3 heteroatoms. The van der Waals surface area contributed by atoms with Crippen molar-refractivity contribution in [2.75, 3.05) is 0 Å². The number of aromatic amines is 1. The van der Waals surface area contributed by atoms with E-state index >= 15 is 0 Å². The molecule has 5 aromatic rings. The third-order valence-electron chi connectivity index (χ3n) is 5.43. The molecule has 0 saturated carbocycles. The van der Waals surface area contributed by atoms with Gasteiger partial charge in [-0.05, 0) is 49.2 Å². The van der Waals surface area contributed by atoms with Crippen LogP contribution >= 0.6 is 0 Å². The van der Waals surface area contributed by atoms with Crippen LogP contribution in [-0.4, -0.2) is 14.5 Å². The molecule has 1 N–H and O–H groups in total. The predicted octanol–water partition coefficient (Wildman–Crippen LogP) is 5.62. The fourth-order valence-electron chi connectivity index (χ4n) is 4.30. The largest absolute Gasteiger partial charge is 0.353 e. The number of aromatic nitrogens is 3. The molecule has 1 aliphatic rings. The summed E-state index contributed by atoms with van der Waals surface area (Å²) in [6.45, 7) is 0. The Bertz CT molecular complexity index is 1320. The standard InChI is InChI=1S/C23H17N3/c1-2-7-15(8-3-1)26-21-11-5-4-9-16(21)17-13-18-20(14-22(17)26)25-19-10-6-12-24-23(18)19/h1-4,6-10,12-14,25H,5,11H2. The molecule has 1 aliphatic carbocycles. The molecule has 26 heavy (non-hydrogen) atoms. The summed E-state index contributed by atoms with van der Waals surface area (Å²) < 4.78 is 2.42. The number of allylic oxidation sites excluding steroid dienone is 1. The SMILES string of the molecule is C1=Cc2c(n(-c3ccccc3)c3cc4[nH]c5cccnc5c4cc23)CC1. The third-order valence-corrected chi connectivity index (χ3v) is 5.43. The lowest BCUT2D eigenvalue weighted by Gasteiger charge is -2.13. The summed E-state index contributed by atoms with van der Waals surface area (Å²) in [5, 5.41) is 2.50. The summed E-state index contributed by atoms with van der Waals surface area (Å²) in [5.74, 6) is 0.